The molecule has 1 amide bonds. The van der Waals surface area contributed by atoms with Crippen LogP contribution in [-0.4, -0.2) is 45.0 Å². The van der Waals surface area contributed by atoms with Crippen molar-refractivity contribution in [2.45, 2.75) is 32.8 Å². The number of piperidine rings is 1. The zero-order valence-corrected chi connectivity index (χ0v) is 13.7. The summed E-state index contributed by atoms with van der Waals surface area (Å²) in [4.78, 5) is 26.3. The molecule has 1 unspecified atom stereocenters. The molecular weight excluding hydrogens is 311 g/mol. The number of carbonyl (C=O) groups is 1. The van der Waals surface area contributed by atoms with Gasteiger partial charge in [0.05, 0.1) is 18.3 Å². The first-order valence-corrected chi connectivity index (χ1v) is 7.90. The Hall–Kier alpha value is -2.57. The molecule has 2 aromatic rings. The van der Waals surface area contributed by atoms with E-state index in [-0.39, 0.29) is 17.6 Å². The van der Waals surface area contributed by atoms with Gasteiger partial charge in [-0.05, 0) is 38.8 Å². The minimum Gasteiger partial charge on any atom is -0.458 e. The van der Waals surface area contributed by atoms with E-state index in [9.17, 15) is 9.18 Å². The van der Waals surface area contributed by atoms with E-state index in [0.29, 0.717) is 19.1 Å². The fraction of sp³-hybridized carbons (Fsp3) is 0.412. The Labute approximate surface area is 139 Å². The van der Waals surface area contributed by atoms with Crippen molar-refractivity contribution in [2.75, 3.05) is 13.1 Å². The van der Waals surface area contributed by atoms with E-state index in [1.807, 2.05) is 19.9 Å². The Kier molecular flexibility index (Phi) is 4.69. The summed E-state index contributed by atoms with van der Waals surface area (Å²) in [5.74, 6) is -0.951. The summed E-state index contributed by atoms with van der Waals surface area (Å²) in [5, 5.41) is 0. The predicted molar refractivity (Wildman–Crippen MR) is 85.3 cm³/mol. The lowest BCUT2D eigenvalue weighted by molar-refractivity contribution is 0.0510. The molecule has 1 saturated heterocycles. The van der Waals surface area contributed by atoms with Gasteiger partial charge >= 0.3 is 6.01 Å². The van der Waals surface area contributed by atoms with Crippen LogP contribution in [0, 0.1) is 19.7 Å². The molecule has 3 rings (SSSR count). The second kappa shape index (κ2) is 6.90. The van der Waals surface area contributed by atoms with E-state index in [4.69, 9.17) is 4.74 Å². The van der Waals surface area contributed by atoms with Crippen LogP contribution in [0.2, 0.25) is 0 Å². The quantitative estimate of drug-likeness (QED) is 0.864. The fourth-order valence-electron chi connectivity index (χ4n) is 2.83. The van der Waals surface area contributed by atoms with Gasteiger partial charge in [-0.1, -0.05) is 0 Å². The van der Waals surface area contributed by atoms with Crippen molar-refractivity contribution in [1.29, 1.82) is 0 Å². The van der Waals surface area contributed by atoms with Crippen molar-refractivity contribution < 1.29 is 13.9 Å². The van der Waals surface area contributed by atoms with Gasteiger partial charge in [0, 0.05) is 24.1 Å². The summed E-state index contributed by atoms with van der Waals surface area (Å²) in [6, 6.07) is 3.59. The summed E-state index contributed by atoms with van der Waals surface area (Å²) in [5.41, 5.74) is 1.70. The van der Waals surface area contributed by atoms with Gasteiger partial charge < -0.3 is 9.64 Å². The number of hydrogen-bond donors (Lipinski definition) is 0. The van der Waals surface area contributed by atoms with Crippen LogP contribution < -0.4 is 4.74 Å². The number of amides is 1. The molecule has 7 heteroatoms. The Bertz CT molecular complexity index is 733. The van der Waals surface area contributed by atoms with Gasteiger partial charge in [-0.25, -0.2) is 14.4 Å². The predicted octanol–water partition coefficient (Wildman–Crippen LogP) is 2.31. The topological polar surface area (TPSA) is 68.2 Å². The highest BCUT2D eigenvalue weighted by atomic mass is 19.1. The van der Waals surface area contributed by atoms with E-state index in [2.05, 4.69) is 15.0 Å². The molecule has 1 fully saturated rings. The second-order valence-corrected chi connectivity index (χ2v) is 5.92. The van der Waals surface area contributed by atoms with E-state index in [1.165, 1.54) is 12.3 Å². The van der Waals surface area contributed by atoms with Gasteiger partial charge in [-0.2, -0.15) is 0 Å². The van der Waals surface area contributed by atoms with Gasteiger partial charge in [-0.3, -0.25) is 9.78 Å². The molecule has 0 spiro atoms. The maximum Gasteiger partial charge on any atom is 0.317 e. The molecule has 0 aliphatic carbocycles. The van der Waals surface area contributed by atoms with Crippen LogP contribution in [0.3, 0.4) is 0 Å². The normalized spacial score (nSPS) is 17.6. The van der Waals surface area contributed by atoms with Crippen molar-refractivity contribution in [3.63, 3.8) is 0 Å². The molecule has 1 aliphatic heterocycles. The van der Waals surface area contributed by atoms with E-state index < -0.39 is 5.82 Å². The zero-order valence-electron chi connectivity index (χ0n) is 13.7. The molecule has 0 bridgehead atoms. The van der Waals surface area contributed by atoms with Crippen molar-refractivity contribution in [3.8, 4) is 6.01 Å². The molecule has 24 heavy (non-hydrogen) atoms. The van der Waals surface area contributed by atoms with Crippen LogP contribution in [0.25, 0.3) is 0 Å². The molecule has 126 valence electrons. The first kappa shape index (κ1) is 16.3. The van der Waals surface area contributed by atoms with Crippen LogP contribution in [-0.2, 0) is 0 Å². The minimum atomic E-state index is -0.608. The lowest BCUT2D eigenvalue weighted by Crippen LogP contribution is -2.44. The summed E-state index contributed by atoms with van der Waals surface area (Å²) in [6.45, 7) is 4.72. The van der Waals surface area contributed by atoms with Crippen molar-refractivity contribution >= 4 is 5.91 Å². The summed E-state index contributed by atoms with van der Waals surface area (Å²) in [7, 11) is 0. The molecule has 0 aromatic carbocycles. The van der Waals surface area contributed by atoms with Crippen LogP contribution in [0.15, 0.2) is 24.5 Å². The highest BCUT2D eigenvalue weighted by Crippen LogP contribution is 2.19. The number of nitrogens with zero attached hydrogens (tertiary/aromatic N) is 4. The average molecular weight is 330 g/mol. The Morgan fingerprint density at radius 3 is 2.79 bits per heavy atom. The molecule has 1 aliphatic rings. The number of rotatable bonds is 3. The smallest absolute Gasteiger partial charge is 0.317 e. The lowest BCUT2D eigenvalue weighted by atomic mass is 10.1. The first-order valence-electron chi connectivity index (χ1n) is 7.90. The van der Waals surface area contributed by atoms with Gasteiger partial charge in [0.2, 0.25) is 0 Å². The van der Waals surface area contributed by atoms with Crippen LogP contribution in [0.5, 0.6) is 6.01 Å². The lowest BCUT2D eigenvalue weighted by Gasteiger charge is -2.32. The molecule has 3 heterocycles. The Morgan fingerprint density at radius 2 is 2.08 bits per heavy atom. The maximum atomic E-state index is 13.8. The number of likely N-dealkylation sites (tertiary alicyclic amines) is 1. The largest absolute Gasteiger partial charge is 0.458 e. The third-order valence-electron chi connectivity index (χ3n) is 3.90. The van der Waals surface area contributed by atoms with E-state index >= 15 is 0 Å². The van der Waals surface area contributed by atoms with Crippen LogP contribution >= 0.6 is 0 Å². The van der Waals surface area contributed by atoms with Crippen LogP contribution in [0.4, 0.5) is 4.39 Å². The van der Waals surface area contributed by atoms with E-state index in [1.54, 1.807) is 4.90 Å². The number of pyridine rings is 1. The number of carbonyl (C=O) groups excluding carboxylic acids is 1. The highest BCUT2D eigenvalue weighted by Gasteiger charge is 2.27. The number of halogens is 1. The minimum absolute atomic E-state index is 0.0355. The van der Waals surface area contributed by atoms with E-state index in [0.717, 1.165) is 30.4 Å². The Balaban J connectivity index is 1.70. The van der Waals surface area contributed by atoms with Gasteiger partial charge in [-0.15, -0.1) is 0 Å². The Morgan fingerprint density at radius 1 is 1.33 bits per heavy atom. The fourth-order valence-corrected chi connectivity index (χ4v) is 2.83. The molecule has 0 N–H and O–H groups in total. The van der Waals surface area contributed by atoms with Crippen molar-refractivity contribution in [1.82, 2.24) is 19.9 Å². The SMILES string of the molecule is Cc1cc(C)nc(OC2CCCN(C(=O)c3ccncc3F)C2)n1. The molecule has 2 aromatic heterocycles. The van der Waals surface area contributed by atoms with Crippen LogP contribution in [0.1, 0.15) is 34.6 Å². The summed E-state index contributed by atoms with van der Waals surface area (Å²) in [6.07, 6.45) is 3.85. The van der Waals surface area contributed by atoms with Crippen molar-refractivity contribution in [3.05, 3.63) is 47.3 Å². The monoisotopic (exact) mass is 330 g/mol. The molecule has 1 atom stereocenters. The number of hydrogen-bond acceptors (Lipinski definition) is 5. The number of aromatic nitrogens is 3. The molecular formula is C17H19FN4O2. The highest BCUT2D eigenvalue weighted by molar-refractivity contribution is 5.94. The average Bonchev–Trinajstić information content (AvgIpc) is 2.54. The van der Waals surface area contributed by atoms with Gasteiger partial charge in [0.1, 0.15) is 6.10 Å². The van der Waals surface area contributed by atoms with Gasteiger partial charge in [0.25, 0.3) is 5.91 Å². The zero-order chi connectivity index (χ0) is 17.1. The molecule has 6 nitrogen and oxygen atoms in total. The number of ether oxygens (including phenoxy) is 1. The van der Waals surface area contributed by atoms with Crippen molar-refractivity contribution in [2.24, 2.45) is 0 Å². The van der Waals surface area contributed by atoms with Gasteiger partial charge in [0.15, 0.2) is 5.82 Å². The first-order chi connectivity index (χ1) is 11.5. The third kappa shape index (κ3) is 3.67. The summed E-state index contributed by atoms with van der Waals surface area (Å²) < 4.78 is 19.6. The number of aryl methyl sites for hydroxylation is 2. The standard InChI is InChI=1S/C17H19FN4O2/c1-11-8-12(2)21-17(20-11)24-13-4-3-7-22(10-13)16(23)14-5-6-19-9-15(14)18/h5-6,8-9,13H,3-4,7,10H2,1-2H3. The summed E-state index contributed by atoms with van der Waals surface area (Å²) >= 11 is 0. The maximum absolute atomic E-state index is 13.8. The second-order valence-electron chi connectivity index (χ2n) is 5.92. The molecule has 0 radical (unpaired) electrons. The molecule has 0 saturated carbocycles. The third-order valence-corrected chi connectivity index (χ3v) is 3.90.